The van der Waals surface area contributed by atoms with Crippen molar-refractivity contribution in [2.24, 2.45) is 5.73 Å². The number of primary amides is 1. The van der Waals surface area contributed by atoms with Crippen molar-refractivity contribution in [3.05, 3.63) is 101 Å². The van der Waals surface area contributed by atoms with E-state index in [1.54, 1.807) is 13.2 Å². The molecule has 1 aromatic heterocycles. The molecule has 0 spiro atoms. The van der Waals surface area contributed by atoms with E-state index in [1.807, 2.05) is 54.6 Å². The predicted molar refractivity (Wildman–Crippen MR) is 131 cm³/mol. The van der Waals surface area contributed by atoms with Gasteiger partial charge in [-0.15, -0.1) is 0 Å². The maximum Gasteiger partial charge on any atom is 0.249 e. The molecule has 0 aliphatic rings. The number of ether oxygens (including phenoxy) is 1. The van der Waals surface area contributed by atoms with Crippen LogP contribution in [-0.4, -0.2) is 17.6 Å². The third-order valence-electron chi connectivity index (χ3n) is 5.81. The van der Waals surface area contributed by atoms with E-state index in [1.165, 1.54) is 0 Å². The van der Waals surface area contributed by atoms with Gasteiger partial charge in [-0.3, -0.25) is 4.79 Å². The van der Waals surface area contributed by atoms with E-state index >= 15 is 0 Å². The van der Waals surface area contributed by atoms with Gasteiger partial charge in [0.1, 0.15) is 5.75 Å². The molecule has 1 amide bonds. The highest BCUT2D eigenvalue weighted by molar-refractivity contribution is 6.30. The minimum Gasteiger partial charge on any atom is -0.497 e. The van der Waals surface area contributed by atoms with Gasteiger partial charge in [-0.25, -0.2) is 0 Å². The molecule has 1 heterocycles. The Kier molecular flexibility index (Phi) is 5.08. The molecule has 158 valence electrons. The molecule has 4 nitrogen and oxygen atoms in total. The number of hydrogen-bond donors (Lipinski definition) is 1. The SMILES string of the molecule is COc1ccc(-c2ccc3c4c(C(N)=O)cccc4n(Cc4cccc(Cl)c4)c3c2)cc1. The van der Waals surface area contributed by atoms with Crippen molar-refractivity contribution in [2.75, 3.05) is 7.11 Å². The maximum atomic E-state index is 12.2. The highest BCUT2D eigenvalue weighted by atomic mass is 35.5. The number of nitrogens with two attached hydrogens (primary N) is 1. The number of hydrogen-bond acceptors (Lipinski definition) is 2. The Morgan fingerprint density at radius 2 is 1.66 bits per heavy atom. The van der Waals surface area contributed by atoms with Crippen LogP contribution in [0.1, 0.15) is 15.9 Å². The fraction of sp³-hybridized carbons (Fsp3) is 0.0741. The predicted octanol–water partition coefficient (Wildman–Crippen LogP) is 6.27. The number of aromatic nitrogens is 1. The Balaban J connectivity index is 1.76. The van der Waals surface area contributed by atoms with Gasteiger partial charge in [0.25, 0.3) is 0 Å². The van der Waals surface area contributed by atoms with Gasteiger partial charge in [-0.2, -0.15) is 0 Å². The molecule has 0 bridgehead atoms. The molecule has 32 heavy (non-hydrogen) atoms. The first kappa shape index (κ1) is 20.2. The average molecular weight is 441 g/mol. The van der Waals surface area contributed by atoms with E-state index in [-0.39, 0.29) is 0 Å². The van der Waals surface area contributed by atoms with E-state index < -0.39 is 5.91 Å². The quantitative estimate of drug-likeness (QED) is 0.350. The lowest BCUT2D eigenvalue weighted by Gasteiger charge is -2.10. The fourth-order valence-electron chi connectivity index (χ4n) is 4.30. The van der Waals surface area contributed by atoms with E-state index in [9.17, 15) is 4.79 Å². The zero-order valence-electron chi connectivity index (χ0n) is 17.5. The summed E-state index contributed by atoms with van der Waals surface area (Å²) in [5.74, 6) is 0.382. The Bertz CT molecular complexity index is 1470. The molecule has 5 heteroatoms. The summed E-state index contributed by atoms with van der Waals surface area (Å²) in [6.07, 6.45) is 0. The first-order valence-electron chi connectivity index (χ1n) is 10.3. The molecule has 5 aromatic rings. The summed E-state index contributed by atoms with van der Waals surface area (Å²) in [6, 6.07) is 27.8. The van der Waals surface area contributed by atoms with E-state index in [0.29, 0.717) is 17.1 Å². The van der Waals surface area contributed by atoms with Crippen LogP contribution in [0.3, 0.4) is 0 Å². The molecule has 2 N–H and O–H groups in total. The summed E-state index contributed by atoms with van der Waals surface area (Å²) in [6.45, 7) is 0.620. The molecule has 5 rings (SSSR count). The average Bonchev–Trinajstić information content (AvgIpc) is 3.12. The minimum atomic E-state index is -0.434. The standard InChI is InChI=1S/C27H21ClN2O2/c1-32-21-11-8-18(9-12-21)19-10-13-22-25(15-19)30(16-17-4-2-5-20(28)14-17)24-7-3-6-23(26(22)24)27(29)31/h2-15H,16H2,1H3,(H2,29,31). The van der Waals surface area contributed by atoms with Gasteiger partial charge >= 0.3 is 0 Å². The lowest BCUT2D eigenvalue weighted by molar-refractivity contribution is 0.100. The van der Waals surface area contributed by atoms with Crippen molar-refractivity contribution < 1.29 is 9.53 Å². The molecule has 0 saturated carbocycles. The third-order valence-corrected chi connectivity index (χ3v) is 6.04. The summed E-state index contributed by atoms with van der Waals surface area (Å²) >= 11 is 6.24. The van der Waals surface area contributed by atoms with Crippen LogP contribution < -0.4 is 10.5 Å². The Labute approximate surface area is 190 Å². The topological polar surface area (TPSA) is 57.2 Å². The second-order valence-corrected chi connectivity index (χ2v) is 8.18. The van der Waals surface area contributed by atoms with Crippen LogP contribution in [0.25, 0.3) is 32.9 Å². The number of carbonyl (C=O) groups excluding carboxylic acids is 1. The third kappa shape index (κ3) is 3.49. The Morgan fingerprint density at radius 3 is 2.38 bits per heavy atom. The summed E-state index contributed by atoms with van der Waals surface area (Å²) in [5.41, 5.74) is 11.5. The van der Waals surface area contributed by atoms with Gasteiger partial charge in [-0.1, -0.05) is 54.1 Å². The molecule has 0 radical (unpaired) electrons. The molecule has 0 saturated heterocycles. The largest absolute Gasteiger partial charge is 0.497 e. The second kappa shape index (κ2) is 8.06. The van der Waals surface area contributed by atoms with E-state index in [0.717, 1.165) is 44.2 Å². The number of benzene rings is 4. The van der Waals surface area contributed by atoms with Crippen LogP contribution in [0.5, 0.6) is 5.75 Å². The van der Waals surface area contributed by atoms with Crippen molar-refractivity contribution in [3.63, 3.8) is 0 Å². The van der Waals surface area contributed by atoms with Crippen molar-refractivity contribution in [3.8, 4) is 16.9 Å². The summed E-state index contributed by atoms with van der Waals surface area (Å²) in [5, 5.41) is 2.56. The fourth-order valence-corrected chi connectivity index (χ4v) is 4.51. The van der Waals surface area contributed by atoms with E-state index in [4.69, 9.17) is 22.1 Å². The second-order valence-electron chi connectivity index (χ2n) is 7.74. The molecular formula is C27H21ClN2O2. The highest BCUT2D eigenvalue weighted by Crippen LogP contribution is 2.35. The minimum absolute atomic E-state index is 0.434. The lowest BCUT2D eigenvalue weighted by Crippen LogP contribution is -2.11. The first-order chi connectivity index (χ1) is 15.5. The molecule has 0 aliphatic heterocycles. The number of nitrogens with zero attached hydrogens (tertiary/aromatic N) is 1. The number of halogens is 1. The van der Waals surface area contributed by atoms with Gasteiger partial charge < -0.3 is 15.0 Å². The van der Waals surface area contributed by atoms with E-state index in [2.05, 4.69) is 28.8 Å². The zero-order valence-corrected chi connectivity index (χ0v) is 18.3. The monoisotopic (exact) mass is 440 g/mol. The van der Waals surface area contributed by atoms with Gasteiger partial charge in [0.2, 0.25) is 5.91 Å². The highest BCUT2D eigenvalue weighted by Gasteiger charge is 2.17. The number of rotatable bonds is 5. The van der Waals surface area contributed by atoms with Crippen LogP contribution in [0, 0.1) is 0 Å². The normalized spacial score (nSPS) is 11.2. The van der Waals surface area contributed by atoms with Crippen LogP contribution in [0.4, 0.5) is 0 Å². The molecule has 4 aromatic carbocycles. The summed E-state index contributed by atoms with van der Waals surface area (Å²) in [4.78, 5) is 12.2. The molecule has 0 atom stereocenters. The molecule has 0 fully saturated rings. The van der Waals surface area contributed by atoms with Gasteiger partial charge in [0, 0.05) is 27.9 Å². The molecule has 0 aliphatic carbocycles. The summed E-state index contributed by atoms with van der Waals surface area (Å²) in [7, 11) is 1.66. The van der Waals surface area contributed by atoms with Crippen molar-refractivity contribution >= 4 is 39.3 Å². The van der Waals surface area contributed by atoms with Gasteiger partial charge in [0.15, 0.2) is 0 Å². The number of fused-ring (bicyclic) bond motifs is 3. The van der Waals surface area contributed by atoms with Gasteiger partial charge in [-0.05, 0) is 59.2 Å². The lowest BCUT2D eigenvalue weighted by atomic mass is 10.0. The van der Waals surface area contributed by atoms with Crippen LogP contribution in [0.2, 0.25) is 5.02 Å². The number of carbonyl (C=O) groups is 1. The zero-order chi connectivity index (χ0) is 22.2. The first-order valence-corrected chi connectivity index (χ1v) is 10.7. The Morgan fingerprint density at radius 1 is 0.906 bits per heavy atom. The van der Waals surface area contributed by atoms with Crippen LogP contribution >= 0.6 is 11.6 Å². The maximum absolute atomic E-state index is 12.2. The number of amides is 1. The van der Waals surface area contributed by atoms with Crippen molar-refractivity contribution in [1.82, 2.24) is 4.57 Å². The Hall–Kier alpha value is -3.76. The molecular weight excluding hydrogens is 420 g/mol. The van der Waals surface area contributed by atoms with Crippen LogP contribution in [-0.2, 0) is 6.54 Å². The smallest absolute Gasteiger partial charge is 0.249 e. The summed E-state index contributed by atoms with van der Waals surface area (Å²) < 4.78 is 7.51. The van der Waals surface area contributed by atoms with Crippen molar-refractivity contribution in [2.45, 2.75) is 6.54 Å². The molecule has 0 unspecified atom stereocenters. The van der Waals surface area contributed by atoms with Gasteiger partial charge in [0.05, 0.1) is 18.1 Å². The number of methoxy groups -OCH3 is 1. The van der Waals surface area contributed by atoms with Crippen LogP contribution in [0.15, 0.2) is 84.9 Å². The van der Waals surface area contributed by atoms with Crippen molar-refractivity contribution in [1.29, 1.82) is 0 Å².